The first kappa shape index (κ1) is 19.4. The number of benzene rings is 1. The van der Waals surface area contributed by atoms with Crippen LogP contribution in [0.25, 0.3) is 0 Å². The molecule has 1 unspecified atom stereocenters. The molecule has 2 aliphatic heterocycles. The average molecular weight is 388 g/mol. The average Bonchev–Trinajstić information content (AvgIpc) is 3.32. The van der Waals surface area contributed by atoms with Crippen LogP contribution in [0.15, 0.2) is 24.3 Å². The number of likely N-dealkylation sites (tertiary alicyclic amines) is 1. The molecule has 28 heavy (non-hydrogen) atoms. The minimum absolute atomic E-state index is 0.0790. The molecule has 2 saturated heterocycles. The van der Waals surface area contributed by atoms with Crippen LogP contribution in [-0.2, 0) is 14.3 Å². The highest BCUT2D eigenvalue weighted by molar-refractivity contribution is 5.94. The fourth-order valence-electron chi connectivity index (χ4n) is 5.16. The molecule has 2 heterocycles. The van der Waals surface area contributed by atoms with E-state index in [-0.39, 0.29) is 29.0 Å². The second kappa shape index (κ2) is 8.19. The first-order valence-electron chi connectivity index (χ1n) is 10.5. The highest BCUT2D eigenvalue weighted by atomic mass is 19.1. The third kappa shape index (κ3) is 4.07. The summed E-state index contributed by atoms with van der Waals surface area (Å²) in [7, 11) is 0. The maximum absolute atomic E-state index is 13.1. The number of anilines is 1. The minimum Gasteiger partial charge on any atom is -0.381 e. The number of amides is 2. The molecular formula is C22H29FN2O3. The van der Waals surface area contributed by atoms with Crippen LogP contribution in [0.1, 0.15) is 44.9 Å². The minimum atomic E-state index is -0.330. The first-order chi connectivity index (χ1) is 13.6. The van der Waals surface area contributed by atoms with Crippen LogP contribution < -0.4 is 5.32 Å². The first-order valence-corrected chi connectivity index (χ1v) is 10.5. The van der Waals surface area contributed by atoms with Gasteiger partial charge in [0.05, 0.1) is 5.92 Å². The van der Waals surface area contributed by atoms with Gasteiger partial charge in [-0.3, -0.25) is 9.59 Å². The number of carbonyl (C=O) groups is 2. The molecule has 1 saturated carbocycles. The Morgan fingerprint density at radius 2 is 1.82 bits per heavy atom. The highest BCUT2D eigenvalue weighted by Crippen LogP contribution is 2.45. The van der Waals surface area contributed by atoms with Crippen molar-refractivity contribution in [2.45, 2.75) is 44.9 Å². The largest absolute Gasteiger partial charge is 0.381 e. The van der Waals surface area contributed by atoms with Gasteiger partial charge in [0, 0.05) is 43.8 Å². The molecule has 0 aromatic heterocycles. The summed E-state index contributed by atoms with van der Waals surface area (Å²) in [6.07, 6.45) is 6.94. The van der Waals surface area contributed by atoms with Crippen LogP contribution in [0, 0.1) is 23.1 Å². The Kier molecular flexibility index (Phi) is 5.67. The van der Waals surface area contributed by atoms with Gasteiger partial charge in [0.1, 0.15) is 5.82 Å². The molecule has 1 N–H and O–H groups in total. The number of halogens is 1. The lowest BCUT2D eigenvalue weighted by atomic mass is 9.71. The van der Waals surface area contributed by atoms with Crippen molar-refractivity contribution in [3.63, 3.8) is 0 Å². The lowest BCUT2D eigenvalue weighted by Gasteiger charge is -2.37. The van der Waals surface area contributed by atoms with Crippen molar-refractivity contribution in [1.82, 2.24) is 4.90 Å². The fourth-order valence-corrected chi connectivity index (χ4v) is 5.16. The fraction of sp³-hybridized carbons (Fsp3) is 0.636. The molecule has 1 spiro atoms. The van der Waals surface area contributed by atoms with Crippen molar-refractivity contribution in [3.8, 4) is 0 Å². The number of ether oxygens (including phenoxy) is 1. The van der Waals surface area contributed by atoms with E-state index in [0.29, 0.717) is 44.3 Å². The Labute approximate surface area is 165 Å². The topological polar surface area (TPSA) is 58.6 Å². The molecule has 3 aliphatic rings. The van der Waals surface area contributed by atoms with E-state index in [1.165, 1.54) is 25.0 Å². The van der Waals surface area contributed by atoms with Crippen molar-refractivity contribution in [2.24, 2.45) is 17.3 Å². The molecule has 152 valence electrons. The van der Waals surface area contributed by atoms with Crippen LogP contribution in [0.2, 0.25) is 0 Å². The molecule has 1 atom stereocenters. The summed E-state index contributed by atoms with van der Waals surface area (Å²) in [5.41, 5.74) is 0.373. The second-order valence-electron chi connectivity index (χ2n) is 8.65. The Morgan fingerprint density at radius 1 is 1.14 bits per heavy atom. The van der Waals surface area contributed by atoms with Gasteiger partial charge < -0.3 is 15.0 Å². The summed E-state index contributed by atoms with van der Waals surface area (Å²) in [6, 6.07) is 5.82. The Balaban J connectivity index is 1.47. The van der Waals surface area contributed by atoms with Crippen molar-refractivity contribution >= 4 is 17.5 Å². The SMILES string of the molecule is O=C(Nc1ccc(F)cc1)C1CN(C(=O)CC2CCCC2)CC12CCOCC2. The lowest BCUT2D eigenvalue weighted by Crippen LogP contribution is -2.42. The van der Waals surface area contributed by atoms with Gasteiger partial charge in [0.25, 0.3) is 0 Å². The van der Waals surface area contributed by atoms with E-state index in [0.717, 1.165) is 25.7 Å². The summed E-state index contributed by atoms with van der Waals surface area (Å²) in [4.78, 5) is 27.9. The Bertz CT molecular complexity index is 709. The van der Waals surface area contributed by atoms with E-state index >= 15 is 0 Å². The summed E-state index contributed by atoms with van der Waals surface area (Å²) < 4.78 is 18.7. The van der Waals surface area contributed by atoms with Crippen molar-refractivity contribution in [3.05, 3.63) is 30.1 Å². The molecule has 0 bridgehead atoms. The second-order valence-corrected chi connectivity index (χ2v) is 8.65. The molecule has 6 heteroatoms. The van der Waals surface area contributed by atoms with Crippen LogP contribution in [0.5, 0.6) is 0 Å². The normalized spacial score (nSPS) is 24.6. The van der Waals surface area contributed by atoms with Gasteiger partial charge in [-0.1, -0.05) is 12.8 Å². The molecule has 2 amide bonds. The lowest BCUT2D eigenvalue weighted by molar-refractivity contribution is -0.131. The maximum Gasteiger partial charge on any atom is 0.229 e. The Morgan fingerprint density at radius 3 is 2.50 bits per heavy atom. The van der Waals surface area contributed by atoms with E-state index in [1.807, 2.05) is 4.90 Å². The molecule has 4 rings (SSSR count). The van der Waals surface area contributed by atoms with Crippen LogP contribution in [0.3, 0.4) is 0 Å². The van der Waals surface area contributed by atoms with Gasteiger partial charge in [-0.2, -0.15) is 0 Å². The van der Waals surface area contributed by atoms with Gasteiger partial charge in [0.15, 0.2) is 0 Å². The van der Waals surface area contributed by atoms with Crippen LogP contribution in [-0.4, -0.2) is 43.0 Å². The molecule has 0 radical (unpaired) electrons. The number of nitrogens with zero attached hydrogens (tertiary/aromatic N) is 1. The third-order valence-corrected chi connectivity index (χ3v) is 6.86. The van der Waals surface area contributed by atoms with E-state index in [9.17, 15) is 14.0 Å². The van der Waals surface area contributed by atoms with Gasteiger partial charge in [0.2, 0.25) is 11.8 Å². The van der Waals surface area contributed by atoms with Crippen molar-refractivity contribution in [1.29, 1.82) is 0 Å². The molecule has 1 aromatic rings. The predicted molar refractivity (Wildman–Crippen MR) is 104 cm³/mol. The number of nitrogens with one attached hydrogen (secondary N) is 1. The third-order valence-electron chi connectivity index (χ3n) is 6.86. The quantitative estimate of drug-likeness (QED) is 0.857. The molecule has 1 aliphatic carbocycles. The van der Waals surface area contributed by atoms with E-state index in [4.69, 9.17) is 4.74 Å². The van der Waals surface area contributed by atoms with Gasteiger partial charge >= 0.3 is 0 Å². The standard InChI is InChI=1S/C22H29FN2O3/c23-17-5-7-18(8-6-17)24-21(27)19-14-25(15-22(19)9-11-28-12-10-22)20(26)13-16-3-1-2-4-16/h5-8,16,19H,1-4,9-15H2,(H,24,27). The van der Waals surface area contributed by atoms with Gasteiger partial charge in [-0.15, -0.1) is 0 Å². The number of carbonyl (C=O) groups excluding carboxylic acids is 2. The zero-order chi connectivity index (χ0) is 19.6. The summed E-state index contributed by atoms with van der Waals surface area (Å²) in [5, 5.41) is 2.93. The van der Waals surface area contributed by atoms with Gasteiger partial charge in [-0.25, -0.2) is 4.39 Å². The van der Waals surface area contributed by atoms with Crippen LogP contribution in [0.4, 0.5) is 10.1 Å². The predicted octanol–water partition coefficient (Wildman–Crippen LogP) is 3.60. The summed E-state index contributed by atoms with van der Waals surface area (Å²) in [6.45, 7) is 2.37. The van der Waals surface area contributed by atoms with Crippen molar-refractivity contribution in [2.75, 3.05) is 31.6 Å². The molecule has 3 fully saturated rings. The zero-order valence-corrected chi connectivity index (χ0v) is 16.3. The van der Waals surface area contributed by atoms with E-state index < -0.39 is 0 Å². The summed E-state index contributed by atoms with van der Waals surface area (Å²) >= 11 is 0. The molecule has 1 aromatic carbocycles. The van der Waals surface area contributed by atoms with E-state index in [2.05, 4.69) is 5.32 Å². The highest BCUT2D eigenvalue weighted by Gasteiger charge is 2.51. The number of hydrogen-bond donors (Lipinski definition) is 1. The number of rotatable bonds is 4. The molecule has 5 nitrogen and oxygen atoms in total. The number of hydrogen-bond acceptors (Lipinski definition) is 3. The molecular weight excluding hydrogens is 359 g/mol. The monoisotopic (exact) mass is 388 g/mol. The van der Waals surface area contributed by atoms with Crippen LogP contribution >= 0.6 is 0 Å². The smallest absolute Gasteiger partial charge is 0.229 e. The Hall–Kier alpha value is -1.95. The summed E-state index contributed by atoms with van der Waals surface area (Å²) in [5.74, 6) is 0.0298. The maximum atomic E-state index is 13.1. The zero-order valence-electron chi connectivity index (χ0n) is 16.3. The van der Waals surface area contributed by atoms with E-state index in [1.54, 1.807) is 12.1 Å². The van der Waals surface area contributed by atoms with Gasteiger partial charge in [-0.05, 0) is 55.9 Å². The van der Waals surface area contributed by atoms with Crippen molar-refractivity contribution < 1.29 is 18.7 Å².